The molecule has 1 aliphatic rings. The van der Waals surface area contributed by atoms with Crippen molar-refractivity contribution in [2.24, 2.45) is 0 Å². The van der Waals surface area contributed by atoms with Crippen LogP contribution in [0.3, 0.4) is 0 Å². The number of fused-ring (bicyclic) bond motifs is 2. The number of hydrogen-bond donors (Lipinski definition) is 1. The highest BCUT2D eigenvalue weighted by Crippen LogP contribution is 2.42. The number of carbonyl (C=O) groups excluding carboxylic acids is 1. The Hall–Kier alpha value is -2.06. The van der Waals surface area contributed by atoms with E-state index in [0.29, 0.717) is 0 Å². The van der Waals surface area contributed by atoms with Crippen LogP contribution in [0.25, 0.3) is 21.9 Å². The van der Waals surface area contributed by atoms with Crippen LogP contribution in [-0.2, 0) is 0 Å². The molecule has 0 bridgehead atoms. The van der Waals surface area contributed by atoms with Crippen LogP contribution >= 0.6 is 12.6 Å². The summed E-state index contributed by atoms with van der Waals surface area (Å²) in [5.41, 5.74) is 3.61. The molecule has 90 valence electrons. The van der Waals surface area contributed by atoms with Crippen molar-refractivity contribution in [3.05, 3.63) is 65.7 Å². The lowest BCUT2D eigenvalue weighted by molar-refractivity contribution is 0.104. The van der Waals surface area contributed by atoms with Crippen LogP contribution in [0.1, 0.15) is 15.9 Å². The van der Waals surface area contributed by atoms with Gasteiger partial charge in [-0.15, -0.1) is 12.6 Å². The van der Waals surface area contributed by atoms with E-state index in [1.807, 2.05) is 54.6 Å². The molecule has 0 saturated heterocycles. The molecule has 0 atom stereocenters. The van der Waals surface area contributed by atoms with Crippen molar-refractivity contribution in [3.63, 3.8) is 0 Å². The monoisotopic (exact) mass is 262 g/mol. The van der Waals surface area contributed by atoms with Gasteiger partial charge in [0.05, 0.1) is 0 Å². The zero-order chi connectivity index (χ0) is 13.0. The predicted molar refractivity (Wildman–Crippen MR) is 80.1 cm³/mol. The van der Waals surface area contributed by atoms with E-state index in [1.165, 1.54) is 0 Å². The Morgan fingerprint density at radius 3 is 2.32 bits per heavy atom. The van der Waals surface area contributed by atoms with E-state index in [2.05, 4.69) is 12.6 Å². The second-order valence-electron chi connectivity index (χ2n) is 4.74. The molecule has 0 N–H and O–H groups in total. The molecule has 0 saturated carbocycles. The van der Waals surface area contributed by atoms with Gasteiger partial charge in [0.1, 0.15) is 0 Å². The molecule has 4 rings (SSSR count). The predicted octanol–water partition coefficient (Wildman–Crippen LogP) is 4.34. The molecule has 0 radical (unpaired) electrons. The van der Waals surface area contributed by atoms with Crippen molar-refractivity contribution >= 4 is 29.2 Å². The third-order valence-corrected chi connectivity index (χ3v) is 4.08. The molecule has 0 spiro atoms. The van der Waals surface area contributed by atoms with Crippen molar-refractivity contribution in [1.82, 2.24) is 0 Å². The van der Waals surface area contributed by atoms with Crippen LogP contribution in [0.15, 0.2) is 59.5 Å². The first kappa shape index (κ1) is 10.8. The number of benzene rings is 3. The first-order valence-electron chi connectivity index (χ1n) is 6.16. The van der Waals surface area contributed by atoms with E-state index in [0.717, 1.165) is 37.9 Å². The maximum Gasteiger partial charge on any atom is 0.194 e. The lowest BCUT2D eigenvalue weighted by Crippen LogP contribution is -2.10. The lowest BCUT2D eigenvalue weighted by atomic mass is 9.83. The molecule has 1 aliphatic carbocycles. The van der Waals surface area contributed by atoms with Crippen LogP contribution in [0.5, 0.6) is 0 Å². The lowest BCUT2D eigenvalue weighted by Gasteiger charge is -2.21. The first-order chi connectivity index (χ1) is 9.27. The van der Waals surface area contributed by atoms with Crippen LogP contribution in [0, 0.1) is 0 Å². The molecule has 2 heteroatoms. The molecule has 0 heterocycles. The van der Waals surface area contributed by atoms with Crippen LogP contribution in [-0.4, -0.2) is 5.78 Å². The SMILES string of the molecule is O=C1c2ccccc2-c2c(S)ccc3cccc1c23. The Kier molecular flexibility index (Phi) is 2.12. The van der Waals surface area contributed by atoms with Crippen LogP contribution < -0.4 is 0 Å². The van der Waals surface area contributed by atoms with Gasteiger partial charge in [-0.3, -0.25) is 4.79 Å². The Bertz CT molecular complexity index is 849. The molecular weight excluding hydrogens is 252 g/mol. The summed E-state index contributed by atoms with van der Waals surface area (Å²) in [7, 11) is 0. The van der Waals surface area contributed by atoms with Crippen molar-refractivity contribution < 1.29 is 4.79 Å². The summed E-state index contributed by atoms with van der Waals surface area (Å²) >= 11 is 4.58. The van der Waals surface area contributed by atoms with Gasteiger partial charge in [0.2, 0.25) is 0 Å². The second kappa shape index (κ2) is 3.72. The van der Waals surface area contributed by atoms with Gasteiger partial charge in [-0.2, -0.15) is 0 Å². The molecular formula is C17H10OS. The Morgan fingerprint density at radius 2 is 1.47 bits per heavy atom. The Balaban J connectivity index is 2.31. The fraction of sp³-hybridized carbons (Fsp3) is 0. The number of ketones is 1. The van der Waals surface area contributed by atoms with Gasteiger partial charge in [0.15, 0.2) is 5.78 Å². The van der Waals surface area contributed by atoms with E-state index < -0.39 is 0 Å². The number of rotatable bonds is 0. The summed E-state index contributed by atoms with van der Waals surface area (Å²) in [6, 6.07) is 17.6. The van der Waals surface area contributed by atoms with Gasteiger partial charge in [-0.25, -0.2) is 0 Å². The van der Waals surface area contributed by atoms with Gasteiger partial charge in [-0.1, -0.05) is 48.5 Å². The molecule has 0 fully saturated rings. The normalized spacial score (nSPS) is 12.6. The van der Waals surface area contributed by atoms with Gasteiger partial charge >= 0.3 is 0 Å². The molecule has 0 aliphatic heterocycles. The van der Waals surface area contributed by atoms with Crippen molar-refractivity contribution in [1.29, 1.82) is 0 Å². The third kappa shape index (κ3) is 1.35. The summed E-state index contributed by atoms with van der Waals surface area (Å²) in [4.78, 5) is 13.5. The van der Waals surface area contributed by atoms with Crippen LogP contribution in [0.4, 0.5) is 0 Å². The van der Waals surface area contributed by atoms with E-state index in [9.17, 15) is 4.79 Å². The Labute approximate surface area is 116 Å². The summed E-state index contributed by atoms with van der Waals surface area (Å²) in [5.74, 6) is 0.104. The third-order valence-electron chi connectivity index (χ3n) is 3.71. The van der Waals surface area contributed by atoms with Crippen molar-refractivity contribution in [2.75, 3.05) is 0 Å². The van der Waals surface area contributed by atoms with Gasteiger partial charge in [0, 0.05) is 27.0 Å². The maximum absolute atomic E-state index is 12.6. The summed E-state index contributed by atoms with van der Waals surface area (Å²) in [6.45, 7) is 0. The van der Waals surface area contributed by atoms with Crippen molar-refractivity contribution in [3.8, 4) is 11.1 Å². The highest BCUT2D eigenvalue weighted by atomic mass is 32.1. The summed E-state index contributed by atoms with van der Waals surface area (Å²) < 4.78 is 0. The smallest absolute Gasteiger partial charge is 0.194 e. The minimum atomic E-state index is 0.104. The average molecular weight is 262 g/mol. The van der Waals surface area contributed by atoms with Crippen molar-refractivity contribution in [2.45, 2.75) is 4.90 Å². The van der Waals surface area contributed by atoms with Gasteiger partial charge < -0.3 is 0 Å². The summed E-state index contributed by atoms with van der Waals surface area (Å²) in [6.07, 6.45) is 0. The zero-order valence-corrected chi connectivity index (χ0v) is 10.9. The van der Waals surface area contributed by atoms with Crippen LogP contribution in [0.2, 0.25) is 0 Å². The maximum atomic E-state index is 12.6. The zero-order valence-electron chi connectivity index (χ0n) is 10.1. The minimum Gasteiger partial charge on any atom is -0.289 e. The highest BCUT2D eigenvalue weighted by molar-refractivity contribution is 7.80. The van der Waals surface area contributed by atoms with Gasteiger partial charge in [0.25, 0.3) is 0 Å². The standard InChI is InChI=1S/C17H10OS/c18-17-12-6-2-1-5-11(12)16-14(19)9-8-10-4-3-7-13(17)15(10)16/h1-9,19H. The van der Waals surface area contributed by atoms with E-state index >= 15 is 0 Å². The molecule has 3 aromatic carbocycles. The Morgan fingerprint density at radius 1 is 0.737 bits per heavy atom. The number of thiol groups is 1. The largest absolute Gasteiger partial charge is 0.289 e. The molecule has 1 nitrogen and oxygen atoms in total. The topological polar surface area (TPSA) is 17.1 Å². The minimum absolute atomic E-state index is 0.104. The summed E-state index contributed by atoms with van der Waals surface area (Å²) in [5, 5.41) is 2.12. The fourth-order valence-electron chi connectivity index (χ4n) is 2.87. The second-order valence-corrected chi connectivity index (χ2v) is 5.22. The quantitative estimate of drug-likeness (QED) is 0.466. The van der Waals surface area contributed by atoms with Gasteiger partial charge in [-0.05, 0) is 17.0 Å². The molecule has 0 aromatic heterocycles. The molecule has 0 amide bonds. The van der Waals surface area contributed by atoms with E-state index in [4.69, 9.17) is 0 Å². The highest BCUT2D eigenvalue weighted by Gasteiger charge is 2.25. The van der Waals surface area contributed by atoms with E-state index in [-0.39, 0.29) is 5.78 Å². The van der Waals surface area contributed by atoms with E-state index in [1.54, 1.807) is 0 Å². The average Bonchev–Trinajstić information content (AvgIpc) is 2.45. The first-order valence-corrected chi connectivity index (χ1v) is 6.61. The molecule has 3 aromatic rings. The molecule has 19 heavy (non-hydrogen) atoms. The molecule has 0 unspecified atom stereocenters. The number of hydrogen-bond acceptors (Lipinski definition) is 2. The number of carbonyl (C=O) groups is 1. The fourth-order valence-corrected chi connectivity index (χ4v) is 3.18.